The van der Waals surface area contributed by atoms with Crippen molar-refractivity contribution in [3.63, 3.8) is 0 Å². The first kappa shape index (κ1) is 18.8. The summed E-state index contributed by atoms with van der Waals surface area (Å²) in [7, 11) is 0. The van der Waals surface area contributed by atoms with Crippen molar-refractivity contribution in [1.82, 2.24) is 4.98 Å². The molecule has 1 aromatic carbocycles. The van der Waals surface area contributed by atoms with Crippen LogP contribution in [0.15, 0.2) is 48.0 Å². The molecule has 1 saturated heterocycles. The second-order valence-corrected chi connectivity index (χ2v) is 8.40. The molecule has 0 saturated carbocycles. The van der Waals surface area contributed by atoms with Gasteiger partial charge < -0.3 is 9.84 Å². The number of nitrogens with zero attached hydrogens (tertiary/aromatic N) is 1. The number of hydrogen-bond acceptors (Lipinski definition) is 5. The third-order valence-corrected chi connectivity index (χ3v) is 5.98. The number of fused-ring (bicyclic) bond motifs is 1. The van der Waals surface area contributed by atoms with E-state index in [0.29, 0.717) is 12.3 Å². The van der Waals surface area contributed by atoms with Gasteiger partial charge in [-0.1, -0.05) is 38.1 Å². The van der Waals surface area contributed by atoms with Crippen molar-refractivity contribution in [2.75, 3.05) is 0 Å². The molecule has 2 atom stereocenters. The molecule has 1 fully saturated rings. The number of rotatable bonds is 4. The number of carbonyl (C=O) groups is 1. The van der Waals surface area contributed by atoms with Crippen LogP contribution in [0.5, 0.6) is 0 Å². The van der Waals surface area contributed by atoms with Gasteiger partial charge in [-0.25, -0.2) is 0 Å². The highest BCUT2D eigenvalue weighted by Crippen LogP contribution is 2.37. The minimum atomic E-state index is -0.643. The molecule has 0 unspecified atom stereocenters. The van der Waals surface area contributed by atoms with Gasteiger partial charge in [-0.15, -0.1) is 11.3 Å². The Bertz CT molecular complexity index is 1040. The molecule has 1 N–H and O–H groups in total. The molecule has 3 aromatic rings. The van der Waals surface area contributed by atoms with E-state index in [2.05, 4.69) is 36.3 Å². The van der Waals surface area contributed by atoms with Crippen LogP contribution in [0.3, 0.4) is 0 Å². The molecule has 0 spiro atoms. The predicted molar refractivity (Wildman–Crippen MR) is 113 cm³/mol. The van der Waals surface area contributed by atoms with Gasteiger partial charge in [-0.05, 0) is 35.1 Å². The molecule has 0 aliphatic carbocycles. The number of thiophene rings is 1. The summed E-state index contributed by atoms with van der Waals surface area (Å²) in [5.41, 5.74) is 4.39. The predicted octanol–water partition coefficient (Wildman–Crippen LogP) is 5.17. The quantitative estimate of drug-likeness (QED) is 0.622. The standard InChI is InChI=1S/C23H23NO3S/c1-14(2)16-9-21(28-13-16)23-15(12-24-20-6-4-3-5-19(20)23)7-8-18-10-17(25)11-22(26)27-18/h3-9,12-14,17-18,25H,10-11H2,1-2H3/t17-,18-/m1/s1. The van der Waals surface area contributed by atoms with Crippen LogP contribution in [0.1, 0.15) is 43.7 Å². The van der Waals surface area contributed by atoms with E-state index in [9.17, 15) is 9.90 Å². The number of esters is 1. The van der Waals surface area contributed by atoms with Crippen LogP contribution in [0, 0.1) is 0 Å². The van der Waals surface area contributed by atoms with Gasteiger partial charge in [0.05, 0.1) is 18.0 Å². The van der Waals surface area contributed by atoms with E-state index in [1.165, 1.54) is 10.4 Å². The van der Waals surface area contributed by atoms with E-state index in [1.807, 2.05) is 36.5 Å². The van der Waals surface area contributed by atoms with Crippen molar-refractivity contribution in [3.8, 4) is 10.4 Å². The van der Waals surface area contributed by atoms with Crippen molar-refractivity contribution in [2.45, 2.75) is 44.8 Å². The Morgan fingerprint density at radius 2 is 2.14 bits per heavy atom. The molecule has 0 amide bonds. The molecule has 4 nitrogen and oxygen atoms in total. The number of benzene rings is 1. The average molecular weight is 394 g/mol. The molecule has 1 aliphatic heterocycles. The summed E-state index contributed by atoms with van der Waals surface area (Å²) in [6, 6.07) is 10.4. The fourth-order valence-electron chi connectivity index (χ4n) is 3.48. The molecular formula is C23H23NO3S. The van der Waals surface area contributed by atoms with Crippen LogP contribution in [0.25, 0.3) is 27.4 Å². The fourth-order valence-corrected chi connectivity index (χ4v) is 4.63. The third-order valence-electron chi connectivity index (χ3n) is 5.02. The molecular weight excluding hydrogens is 370 g/mol. The maximum Gasteiger partial charge on any atom is 0.309 e. The van der Waals surface area contributed by atoms with Crippen molar-refractivity contribution in [2.24, 2.45) is 0 Å². The minimum Gasteiger partial charge on any atom is -0.458 e. The Hall–Kier alpha value is -2.50. The Labute approximate surface area is 168 Å². The fraction of sp³-hybridized carbons (Fsp3) is 0.304. The van der Waals surface area contributed by atoms with Crippen molar-refractivity contribution >= 4 is 34.3 Å². The summed E-state index contributed by atoms with van der Waals surface area (Å²) in [4.78, 5) is 17.4. The van der Waals surface area contributed by atoms with Crippen LogP contribution in [0.4, 0.5) is 0 Å². The third kappa shape index (κ3) is 3.86. The van der Waals surface area contributed by atoms with Crippen LogP contribution < -0.4 is 0 Å². The number of aliphatic hydroxyl groups excluding tert-OH is 1. The molecule has 144 valence electrons. The topological polar surface area (TPSA) is 59.4 Å². The van der Waals surface area contributed by atoms with Gasteiger partial charge in [0.25, 0.3) is 0 Å². The maximum atomic E-state index is 11.6. The smallest absolute Gasteiger partial charge is 0.309 e. The lowest BCUT2D eigenvalue weighted by Crippen LogP contribution is -2.31. The summed E-state index contributed by atoms with van der Waals surface area (Å²) in [6.45, 7) is 4.39. The molecule has 2 aromatic heterocycles. The normalized spacial score (nSPS) is 20.2. The number of aliphatic hydroxyl groups is 1. The highest BCUT2D eigenvalue weighted by molar-refractivity contribution is 7.13. The number of cyclic esters (lactones) is 1. The first-order chi connectivity index (χ1) is 13.5. The summed E-state index contributed by atoms with van der Waals surface area (Å²) >= 11 is 1.74. The van der Waals surface area contributed by atoms with Crippen LogP contribution in [-0.4, -0.2) is 28.3 Å². The Morgan fingerprint density at radius 1 is 1.32 bits per heavy atom. The number of carbonyl (C=O) groups excluding carboxylic acids is 1. The summed E-state index contributed by atoms with van der Waals surface area (Å²) in [6.07, 6.45) is 5.12. The van der Waals surface area contributed by atoms with Gasteiger partial charge in [-0.3, -0.25) is 9.78 Å². The monoisotopic (exact) mass is 393 g/mol. The molecule has 4 rings (SSSR count). The highest BCUT2D eigenvalue weighted by Gasteiger charge is 2.25. The van der Waals surface area contributed by atoms with E-state index >= 15 is 0 Å². The van der Waals surface area contributed by atoms with Crippen molar-refractivity contribution in [1.29, 1.82) is 0 Å². The van der Waals surface area contributed by atoms with E-state index in [-0.39, 0.29) is 12.4 Å². The molecule has 0 radical (unpaired) electrons. The van der Waals surface area contributed by atoms with Gasteiger partial charge >= 0.3 is 5.97 Å². The van der Waals surface area contributed by atoms with Gasteiger partial charge in [-0.2, -0.15) is 0 Å². The minimum absolute atomic E-state index is 0.0697. The van der Waals surface area contributed by atoms with Crippen molar-refractivity contribution in [3.05, 3.63) is 59.1 Å². The number of aromatic nitrogens is 1. The Morgan fingerprint density at radius 3 is 2.89 bits per heavy atom. The number of pyridine rings is 1. The number of hydrogen-bond donors (Lipinski definition) is 1. The first-order valence-electron chi connectivity index (χ1n) is 9.53. The van der Waals surface area contributed by atoms with E-state index in [0.717, 1.165) is 22.0 Å². The maximum absolute atomic E-state index is 11.6. The highest BCUT2D eigenvalue weighted by atomic mass is 32.1. The van der Waals surface area contributed by atoms with Gasteiger partial charge in [0.15, 0.2) is 0 Å². The Kier molecular flexibility index (Phi) is 5.29. The lowest BCUT2D eigenvalue weighted by molar-refractivity contribution is -0.156. The van der Waals surface area contributed by atoms with Crippen LogP contribution >= 0.6 is 11.3 Å². The second-order valence-electron chi connectivity index (χ2n) is 7.49. The molecule has 3 heterocycles. The SMILES string of the molecule is CC(C)c1csc(-c2c(C=C[C@@H]3C[C@@H](O)CC(=O)O3)cnc3ccccc23)c1. The molecule has 1 aliphatic rings. The number of para-hydroxylation sites is 1. The largest absolute Gasteiger partial charge is 0.458 e. The van der Waals surface area contributed by atoms with Gasteiger partial charge in [0, 0.05) is 34.0 Å². The summed E-state index contributed by atoms with van der Waals surface area (Å²) < 4.78 is 5.34. The molecule has 0 bridgehead atoms. The van der Waals surface area contributed by atoms with E-state index in [4.69, 9.17) is 4.74 Å². The zero-order valence-electron chi connectivity index (χ0n) is 16.0. The first-order valence-corrected chi connectivity index (χ1v) is 10.4. The lowest BCUT2D eigenvalue weighted by atomic mass is 9.98. The second kappa shape index (κ2) is 7.86. The zero-order chi connectivity index (χ0) is 19.7. The zero-order valence-corrected chi connectivity index (χ0v) is 16.8. The lowest BCUT2D eigenvalue weighted by Gasteiger charge is -2.23. The van der Waals surface area contributed by atoms with Gasteiger partial charge in [0.1, 0.15) is 6.10 Å². The van der Waals surface area contributed by atoms with Gasteiger partial charge in [0.2, 0.25) is 0 Å². The van der Waals surface area contributed by atoms with Crippen LogP contribution in [0.2, 0.25) is 0 Å². The van der Waals surface area contributed by atoms with Crippen LogP contribution in [-0.2, 0) is 9.53 Å². The summed E-state index contributed by atoms with van der Waals surface area (Å²) in [5.74, 6) is 0.116. The molecule has 5 heteroatoms. The van der Waals surface area contributed by atoms with Crippen molar-refractivity contribution < 1.29 is 14.6 Å². The Balaban J connectivity index is 1.77. The van der Waals surface area contributed by atoms with E-state index < -0.39 is 12.2 Å². The molecule has 28 heavy (non-hydrogen) atoms. The van der Waals surface area contributed by atoms with E-state index in [1.54, 1.807) is 11.3 Å². The number of ether oxygens (including phenoxy) is 1. The average Bonchev–Trinajstić information content (AvgIpc) is 3.15. The summed E-state index contributed by atoms with van der Waals surface area (Å²) in [5, 5.41) is 13.1.